The molecule has 0 saturated heterocycles. The molecule has 1 N–H and O–H groups in total. The summed E-state index contributed by atoms with van der Waals surface area (Å²) in [5.74, 6) is 3.08. The van der Waals surface area contributed by atoms with Crippen LogP contribution in [-0.4, -0.2) is 23.9 Å². The van der Waals surface area contributed by atoms with Gasteiger partial charge in [0.15, 0.2) is 0 Å². The number of hydrogen-bond acceptors (Lipinski definition) is 4. The van der Waals surface area contributed by atoms with Gasteiger partial charge in [0, 0.05) is 18.8 Å². The lowest BCUT2D eigenvalue weighted by Gasteiger charge is -2.13. The third-order valence-corrected chi connectivity index (χ3v) is 3.12. The molecule has 0 aromatic carbocycles. The van der Waals surface area contributed by atoms with Crippen molar-refractivity contribution in [2.75, 3.05) is 13.1 Å². The number of nitrogens with zero attached hydrogens (tertiary/aromatic N) is 2. The maximum absolute atomic E-state index is 5.88. The molecule has 0 spiro atoms. The summed E-state index contributed by atoms with van der Waals surface area (Å²) in [6.45, 7) is 3.88. The first kappa shape index (κ1) is 12.0. The summed E-state index contributed by atoms with van der Waals surface area (Å²) in [7, 11) is 0. The summed E-state index contributed by atoms with van der Waals surface area (Å²) < 4.78 is 5.88. The number of hydrogen-bond donors (Lipinski definition) is 1. The van der Waals surface area contributed by atoms with Gasteiger partial charge >= 0.3 is 0 Å². The van der Waals surface area contributed by atoms with Crippen LogP contribution in [0.15, 0.2) is 47.3 Å². The monoisotopic (exact) mass is 255 g/mol. The van der Waals surface area contributed by atoms with Crippen LogP contribution in [-0.2, 0) is 0 Å². The standard InChI is InChI=1S/C15H17N3O/c1-11-3-2-4-12(9-11)19-13-5-6-16-14(10-13)15-17-7-8-18-15/h2,4-6,9-11H,3,7-8H2,1H3,(H,17,18). The van der Waals surface area contributed by atoms with Gasteiger partial charge in [-0.3, -0.25) is 9.98 Å². The van der Waals surface area contributed by atoms with Crippen molar-refractivity contribution in [3.05, 3.63) is 48.0 Å². The Hall–Kier alpha value is -2.10. The van der Waals surface area contributed by atoms with Gasteiger partial charge in [0.25, 0.3) is 0 Å². The van der Waals surface area contributed by atoms with E-state index < -0.39 is 0 Å². The van der Waals surface area contributed by atoms with E-state index in [0.717, 1.165) is 42.5 Å². The van der Waals surface area contributed by atoms with Crippen LogP contribution in [0.5, 0.6) is 5.75 Å². The second kappa shape index (κ2) is 5.26. The summed E-state index contributed by atoms with van der Waals surface area (Å²) in [5.41, 5.74) is 0.837. The Morgan fingerprint density at radius 3 is 3.16 bits per heavy atom. The molecule has 1 aliphatic heterocycles. The number of aliphatic imine (C=N–C) groups is 1. The van der Waals surface area contributed by atoms with Crippen LogP contribution in [0.4, 0.5) is 0 Å². The molecule has 0 saturated carbocycles. The van der Waals surface area contributed by atoms with E-state index in [4.69, 9.17) is 4.74 Å². The van der Waals surface area contributed by atoms with Gasteiger partial charge in [-0.25, -0.2) is 0 Å². The molecule has 2 heterocycles. The third-order valence-electron chi connectivity index (χ3n) is 3.12. The smallest absolute Gasteiger partial charge is 0.147 e. The molecule has 4 heteroatoms. The second-order valence-electron chi connectivity index (χ2n) is 4.82. The molecule has 19 heavy (non-hydrogen) atoms. The van der Waals surface area contributed by atoms with E-state index in [0.29, 0.717) is 5.92 Å². The molecule has 1 unspecified atom stereocenters. The highest BCUT2D eigenvalue weighted by molar-refractivity contribution is 5.98. The minimum atomic E-state index is 0.530. The summed E-state index contributed by atoms with van der Waals surface area (Å²) in [4.78, 5) is 8.68. The van der Waals surface area contributed by atoms with E-state index in [-0.39, 0.29) is 0 Å². The Balaban J connectivity index is 1.78. The highest BCUT2D eigenvalue weighted by Crippen LogP contribution is 2.21. The number of ether oxygens (including phenoxy) is 1. The van der Waals surface area contributed by atoms with E-state index in [9.17, 15) is 0 Å². The zero-order valence-corrected chi connectivity index (χ0v) is 11.0. The van der Waals surface area contributed by atoms with Crippen molar-refractivity contribution in [1.29, 1.82) is 0 Å². The Bertz CT molecular complexity index is 560. The fourth-order valence-corrected chi connectivity index (χ4v) is 2.18. The lowest BCUT2D eigenvalue weighted by Crippen LogP contribution is -2.20. The van der Waals surface area contributed by atoms with Gasteiger partial charge < -0.3 is 10.1 Å². The predicted molar refractivity (Wildman–Crippen MR) is 75.3 cm³/mol. The molecule has 0 fully saturated rings. The SMILES string of the molecule is CC1C=C(Oc2ccnc(C3=NCCN3)c2)C=CC1. The fraction of sp³-hybridized carbons (Fsp3) is 0.333. The van der Waals surface area contributed by atoms with Gasteiger partial charge in [0.2, 0.25) is 0 Å². The second-order valence-corrected chi connectivity index (χ2v) is 4.82. The molecule has 3 rings (SSSR count). The highest BCUT2D eigenvalue weighted by atomic mass is 16.5. The Labute approximate surface area is 112 Å². The minimum absolute atomic E-state index is 0.530. The fourth-order valence-electron chi connectivity index (χ4n) is 2.18. The molecule has 98 valence electrons. The highest BCUT2D eigenvalue weighted by Gasteiger charge is 2.11. The summed E-state index contributed by atoms with van der Waals surface area (Å²) in [6.07, 6.45) is 9.14. The maximum Gasteiger partial charge on any atom is 0.147 e. The lowest BCUT2D eigenvalue weighted by molar-refractivity contribution is 0.431. The number of pyridine rings is 1. The largest absolute Gasteiger partial charge is 0.458 e. The van der Waals surface area contributed by atoms with Crippen LogP contribution >= 0.6 is 0 Å². The van der Waals surface area contributed by atoms with E-state index >= 15 is 0 Å². The van der Waals surface area contributed by atoms with Crippen molar-refractivity contribution in [3.8, 4) is 5.75 Å². The van der Waals surface area contributed by atoms with Gasteiger partial charge in [-0.1, -0.05) is 13.0 Å². The number of aromatic nitrogens is 1. The van der Waals surface area contributed by atoms with Crippen LogP contribution in [0.25, 0.3) is 0 Å². The summed E-state index contributed by atoms with van der Waals surface area (Å²) in [5, 5.41) is 3.21. The zero-order valence-electron chi connectivity index (χ0n) is 11.0. The van der Waals surface area contributed by atoms with Crippen molar-refractivity contribution < 1.29 is 4.74 Å². The van der Waals surface area contributed by atoms with Gasteiger partial charge in [-0.05, 0) is 30.6 Å². The molecule has 1 aromatic rings. The number of rotatable bonds is 3. The summed E-state index contributed by atoms with van der Waals surface area (Å²) >= 11 is 0. The van der Waals surface area contributed by atoms with Crippen molar-refractivity contribution in [3.63, 3.8) is 0 Å². The molecule has 1 aliphatic carbocycles. The van der Waals surface area contributed by atoms with Crippen LogP contribution in [0, 0.1) is 5.92 Å². The summed E-state index contributed by atoms with van der Waals surface area (Å²) in [6, 6.07) is 3.79. The van der Waals surface area contributed by atoms with Crippen molar-refractivity contribution in [2.24, 2.45) is 10.9 Å². The third kappa shape index (κ3) is 2.84. The molecule has 2 aliphatic rings. The number of amidine groups is 1. The predicted octanol–water partition coefficient (Wildman–Crippen LogP) is 2.29. The Kier molecular flexibility index (Phi) is 3.31. The average Bonchev–Trinajstić information content (AvgIpc) is 2.93. The quantitative estimate of drug-likeness (QED) is 0.901. The molecule has 1 atom stereocenters. The van der Waals surface area contributed by atoms with Crippen LogP contribution in [0.1, 0.15) is 19.0 Å². The molecule has 0 bridgehead atoms. The van der Waals surface area contributed by atoms with E-state index in [1.165, 1.54) is 0 Å². The molecule has 1 aromatic heterocycles. The molecule has 0 radical (unpaired) electrons. The van der Waals surface area contributed by atoms with E-state index in [2.05, 4.69) is 34.4 Å². The minimum Gasteiger partial charge on any atom is -0.458 e. The molecule has 4 nitrogen and oxygen atoms in total. The van der Waals surface area contributed by atoms with Crippen LogP contribution in [0.2, 0.25) is 0 Å². The van der Waals surface area contributed by atoms with E-state index in [1.807, 2.05) is 18.2 Å². The normalized spacial score (nSPS) is 21.6. The Morgan fingerprint density at radius 1 is 1.42 bits per heavy atom. The van der Waals surface area contributed by atoms with Crippen LogP contribution in [0.3, 0.4) is 0 Å². The first-order chi connectivity index (χ1) is 9.31. The van der Waals surface area contributed by atoms with Crippen LogP contribution < -0.4 is 10.1 Å². The zero-order chi connectivity index (χ0) is 13.1. The lowest BCUT2D eigenvalue weighted by atomic mass is 10.0. The van der Waals surface area contributed by atoms with Gasteiger partial charge in [0.05, 0.1) is 6.54 Å². The molecular weight excluding hydrogens is 238 g/mol. The molecular formula is C15H17N3O. The first-order valence-corrected chi connectivity index (χ1v) is 6.62. The van der Waals surface area contributed by atoms with Crippen molar-refractivity contribution >= 4 is 5.84 Å². The van der Waals surface area contributed by atoms with Crippen molar-refractivity contribution in [1.82, 2.24) is 10.3 Å². The maximum atomic E-state index is 5.88. The van der Waals surface area contributed by atoms with Crippen molar-refractivity contribution in [2.45, 2.75) is 13.3 Å². The first-order valence-electron chi connectivity index (χ1n) is 6.62. The topological polar surface area (TPSA) is 46.5 Å². The van der Waals surface area contributed by atoms with Gasteiger partial charge in [-0.2, -0.15) is 0 Å². The van der Waals surface area contributed by atoms with Gasteiger partial charge in [0.1, 0.15) is 23.0 Å². The molecule has 0 amide bonds. The van der Waals surface area contributed by atoms with Gasteiger partial charge in [-0.15, -0.1) is 0 Å². The Morgan fingerprint density at radius 2 is 2.37 bits per heavy atom. The van der Waals surface area contributed by atoms with E-state index in [1.54, 1.807) is 6.20 Å². The average molecular weight is 255 g/mol. The number of allylic oxidation sites excluding steroid dienone is 3. The number of nitrogens with one attached hydrogen (secondary N) is 1.